The zero-order chi connectivity index (χ0) is 18.7. The number of rotatable bonds is 5. The largest absolute Gasteiger partial charge is 0.353 e. The molecule has 3 rings (SSSR count). The summed E-state index contributed by atoms with van der Waals surface area (Å²) < 4.78 is 27.6. The highest BCUT2D eigenvalue weighted by Crippen LogP contribution is 2.28. The van der Waals surface area contributed by atoms with Crippen molar-refractivity contribution in [1.29, 1.82) is 0 Å². The third-order valence-electron chi connectivity index (χ3n) is 4.80. The topological polar surface area (TPSA) is 82.3 Å². The van der Waals surface area contributed by atoms with Gasteiger partial charge in [-0.1, -0.05) is 36.8 Å². The van der Waals surface area contributed by atoms with Gasteiger partial charge in [-0.2, -0.15) is 4.31 Å². The van der Waals surface area contributed by atoms with Crippen LogP contribution >= 0.6 is 0 Å². The van der Waals surface area contributed by atoms with Gasteiger partial charge < -0.3 is 10.3 Å². The Balaban J connectivity index is 1.82. The summed E-state index contributed by atoms with van der Waals surface area (Å²) in [6.45, 7) is 4.88. The highest BCUT2D eigenvalue weighted by molar-refractivity contribution is 7.89. The van der Waals surface area contributed by atoms with Crippen LogP contribution in [-0.2, 0) is 16.6 Å². The first-order chi connectivity index (χ1) is 12.4. The Labute approximate surface area is 154 Å². The maximum absolute atomic E-state index is 13.0. The second-order valence-corrected chi connectivity index (χ2v) is 8.59. The number of aromatic amines is 1. The summed E-state index contributed by atoms with van der Waals surface area (Å²) in [5.74, 6) is -0.297. The second-order valence-electron chi connectivity index (χ2n) is 6.71. The SMILES string of the molecule is Cc1[nH]c(C(=O)NCc2ccccc2)c(C)c1S(=O)(=O)N1CCCCC1. The van der Waals surface area contributed by atoms with Gasteiger partial charge in [-0.05, 0) is 37.8 Å². The maximum Gasteiger partial charge on any atom is 0.268 e. The van der Waals surface area contributed by atoms with Crippen LogP contribution in [0.1, 0.15) is 46.6 Å². The number of sulfonamides is 1. The van der Waals surface area contributed by atoms with Crippen molar-refractivity contribution in [3.8, 4) is 0 Å². The molecule has 2 aromatic rings. The molecule has 1 amide bonds. The number of hydrogen-bond donors (Lipinski definition) is 2. The molecule has 0 spiro atoms. The summed E-state index contributed by atoms with van der Waals surface area (Å²) in [6, 6.07) is 9.60. The fourth-order valence-electron chi connectivity index (χ4n) is 3.45. The van der Waals surface area contributed by atoms with Crippen LogP contribution in [0.15, 0.2) is 35.2 Å². The van der Waals surface area contributed by atoms with E-state index in [9.17, 15) is 13.2 Å². The number of H-pyrrole nitrogens is 1. The molecule has 26 heavy (non-hydrogen) atoms. The molecule has 0 aliphatic carbocycles. The Hall–Kier alpha value is -2.12. The summed E-state index contributed by atoms with van der Waals surface area (Å²) in [4.78, 5) is 15.8. The molecule has 1 aliphatic heterocycles. The van der Waals surface area contributed by atoms with E-state index < -0.39 is 10.0 Å². The Kier molecular flexibility index (Phi) is 5.48. The molecule has 0 bridgehead atoms. The van der Waals surface area contributed by atoms with E-state index in [1.165, 1.54) is 4.31 Å². The van der Waals surface area contributed by atoms with E-state index in [2.05, 4.69) is 10.3 Å². The fraction of sp³-hybridized carbons (Fsp3) is 0.421. The van der Waals surface area contributed by atoms with Crippen LogP contribution in [0.3, 0.4) is 0 Å². The van der Waals surface area contributed by atoms with Crippen molar-refractivity contribution in [2.75, 3.05) is 13.1 Å². The highest BCUT2D eigenvalue weighted by atomic mass is 32.2. The molecule has 140 valence electrons. The van der Waals surface area contributed by atoms with Gasteiger partial charge in [0.05, 0.1) is 0 Å². The van der Waals surface area contributed by atoms with E-state index in [1.807, 2.05) is 30.3 Å². The summed E-state index contributed by atoms with van der Waals surface area (Å²) in [5, 5.41) is 2.85. The van der Waals surface area contributed by atoms with E-state index in [-0.39, 0.29) is 10.8 Å². The molecule has 0 saturated carbocycles. The number of amides is 1. The zero-order valence-electron chi connectivity index (χ0n) is 15.2. The number of aromatic nitrogens is 1. The molecular formula is C19H25N3O3S. The van der Waals surface area contributed by atoms with Crippen molar-refractivity contribution in [3.05, 3.63) is 52.8 Å². The number of hydrogen-bond acceptors (Lipinski definition) is 3. The minimum atomic E-state index is -3.58. The first-order valence-corrected chi connectivity index (χ1v) is 10.4. The molecule has 0 atom stereocenters. The molecule has 1 aromatic carbocycles. The van der Waals surface area contributed by atoms with E-state index in [0.29, 0.717) is 36.6 Å². The molecule has 1 aliphatic rings. The highest BCUT2D eigenvalue weighted by Gasteiger charge is 2.32. The lowest BCUT2D eigenvalue weighted by Crippen LogP contribution is -2.36. The number of carbonyl (C=O) groups excluding carboxylic acids is 1. The molecule has 1 fully saturated rings. The Bertz CT molecular complexity index is 882. The van der Waals surface area contributed by atoms with Crippen LogP contribution in [0.4, 0.5) is 0 Å². The van der Waals surface area contributed by atoms with Crippen LogP contribution in [0.5, 0.6) is 0 Å². The molecule has 2 N–H and O–H groups in total. The predicted molar refractivity (Wildman–Crippen MR) is 100 cm³/mol. The lowest BCUT2D eigenvalue weighted by molar-refractivity contribution is 0.0945. The van der Waals surface area contributed by atoms with Gasteiger partial charge in [0.1, 0.15) is 10.6 Å². The molecule has 0 radical (unpaired) electrons. The van der Waals surface area contributed by atoms with Crippen LogP contribution in [-0.4, -0.2) is 36.7 Å². The minimum absolute atomic E-state index is 0.240. The maximum atomic E-state index is 13.0. The lowest BCUT2D eigenvalue weighted by Gasteiger charge is -2.26. The summed E-state index contributed by atoms with van der Waals surface area (Å²) >= 11 is 0. The second kappa shape index (κ2) is 7.63. The van der Waals surface area contributed by atoms with Gasteiger partial charge in [0.2, 0.25) is 10.0 Å². The van der Waals surface area contributed by atoms with Gasteiger partial charge in [0, 0.05) is 25.3 Å². The van der Waals surface area contributed by atoms with Crippen molar-refractivity contribution < 1.29 is 13.2 Å². The smallest absolute Gasteiger partial charge is 0.268 e. The molecular weight excluding hydrogens is 350 g/mol. The number of carbonyl (C=O) groups is 1. The Morgan fingerprint density at radius 2 is 1.77 bits per heavy atom. The standard InChI is InChI=1S/C19H25N3O3S/c1-14-17(19(23)20-13-16-9-5-3-6-10-16)21-15(2)18(14)26(24,25)22-11-7-4-8-12-22/h3,5-6,9-10,21H,4,7-8,11-13H2,1-2H3,(H,20,23). The van der Waals surface area contributed by atoms with Crippen LogP contribution < -0.4 is 5.32 Å². The summed E-state index contributed by atoms with van der Waals surface area (Å²) in [7, 11) is -3.58. The van der Waals surface area contributed by atoms with E-state index in [1.54, 1.807) is 13.8 Å². The van der Waals surface area contributed by atoms with Gasteiger partial charge in [-0.15, -0.1) is 0 Å². The molecule has 6 nitrogen and oxygen atoms in total. The average Bonchev–Trinajstić information content (AvgIpc) is 2.96. The quantitative estimate of drug-likeness (QED) is 0.843. The average molecular weight is 375 g/mol. The van der Waals surface area contributed by atoms with Crippen LogP contribution in [0, 0.1) is 13.8 Å². The number of aryl methyl sites for hydroxylation is 1. The van der Waals surface area contributed by atoms with Crippen LogP contribution in [0.2, 0.25) is 0 Å². The van der Waals surface area contributed by atoms with Gasteiger partial charge in [-0.3, -0.25) is 4.79 Å². The van der Waals surface area contributed by atoms with Crippen molar-refractivity contribution >= 4 is 15.9 Å². The van der Waals surface area contributed by atoms with Gasteiger partial charge in [-0.25, -0.2) is 8.42 Å². The third kappa shape index (κ3) is 3.68. The summed E-state index contributed by atoms with van der Waals surface area (Å²) in [5.41, 5.74) is 2.30. The number of piperidine rings is 1. The predicted octanol–water partition coefficient (Wildman–Crippen LogP) is 2.74. The molecule has 1 saturated heterocycles. The third-order valence-corrected chi connectivity index (χ3v) is 6.98. The van der Waals surface area contributed by atoms with E-state index in [0.717, 1.165) is 24.8 Å². The molecule has 1 aromatic heterocycles. The number of benzene rings is 1. The van der Waals surface area contributed by atoms with Crippen molar-refractivity contribution in [3.63, 3.8) is 0 Å². The van der Waals surface area contributed by atoms with Gasteiger partial charge in [0.15, 0.2) is 0 Å². The van der Waals surface area contributed by atoms with E-state index >= 15 is 0 Å². The van der Waals surface area contributed by atoms with Gasteiger partial charge in [0.25, 0.3) is 5.91 Å². The Morgan fingerprint density at radius 1 is 1.12 bits per heavy atom. The normalized spacial score (nSPS) is 15.8. The monoisotopic (exact) mass is 375 g/mol. The molecule has 7 heteroatoms. The van der Waals surface area contributed by atoms with Crippen molar-refractivity contribution in [2.45, 2.75) is 44.6 Å². The first kappa shape index (κ1) is 18.7. The molecule has 0 unspecified atom stereocenters. The van der Waals surface area contributed by atoms with E-state index in [4.69, 9.17) is 0 Å². The Morgan fingerprint density at radius 3 is 2.42 bits per heavy atom. The summed E-state index contributed by atoms with van der Waals surface area (Å²) in [6.07, 6.45) is 2.82. The van der Waals surface area contributed by atoms with Crippen LogP contribution in [0.25, 0.3) is 0 Å². The van der Waals surface area contributed by atoms with Crippen molar-refractivity contribution in [2.24, 2.45) is 0 Å². The van der Waals surface area contributed by atoms with Gasteiger partial charge >= 0.3 is 0 Å². The minimum Gasteiger partial charge on any atom is -0.353 e. The fourth-order valence-corrected chi connectivity index (χ4v) is 5.37. The lowest BCUT2D eigenvalue weighted by atomic mass is 10.2. The first-order valence-electron chi connectivity index (χ1n) is 8.92. The molecule has 2 heterocycles. The van der Waals surface area contributed by atoms with Crippen molar-refractivity contribution in [1.82, 2.24) is 14.6 Å². The number of nitrogens with one attached hydrogen (secondary N) is 2. The number of nitrogens with zero attached hydrogens (tertiary/aromatic N) is 1. The zero-order valence-corrected chi connectivity index (χ0v) is 16.0.